The number of halogens is 3. The molecule has 0 radical (unpaired) electrons. The molecular weight excluding hydrogens is 240 g/mol. The van der Waals surface area contributed by atoms with Crippen LogP contribution in [0.2, 0.25) is 0 Å². The summed E-state index contributed by atoms with van der Waals surface area (Å²) in [5.74, 6) is 0. The molecule has 0 aliphatic carbocycles. The largest absolute Gasteiger partial charge is 0.329 e. The summed E-state index contributed by atoms with van der Waals surface area (Å²) in [5, 5.41) is 0. The Hall–Kier alpha value is -0.380. The van der Waals surface area contributed by atoms with Gasteiger partial charge in [-0.15, -0.1) is 0 Å². The van der Waals surface area contributed by atoms with E-state index in [4.69, 9.17) is 0 Å². The van der Waals surface area contributed by atoms with E-state index in [2.05, 4.69) is 15.9 Å². The Morgan fingerprint density at radius 1 is 1.31 bits per heavy atom. The summed E-state index contributed by atoms with van der Waals surface area (Å²) < 4.78 is 27.3. The number of aromatic nitrogens is 1. The molecule has 4 heteroatoms. The Bertz CT molecular complexity index is 299. The second kappa shape index (κ2) is 3.40. The smallest absolute Gasteiger partial charge is 0.278 e. The fourth-order valence-electron chi connectivity index (χ4n) is 1.30. The molecule has 1 nitrogen and oxygen atoms in total. The van der Waals surface area contributed by atoms with E-state index in [0.717, 1.165) is 0 Å². The summed E-state index contributed by atoms with van der Waals surface area (Å²) in [7, 11) is 0. The van der Waals surface area contributed by atoms with Gasteiger partial charge in [0.2, 0.25) is 0 Å². The molecular formula is C9H12BrF2N. The van der Waals surface area contributed by atoms with Crippen molar-refractivity contribution in [3.63, 3.8) is 0 Å². The number of hydrogen-bond donors (Lipinski definition) is 0. The highest BCUT2D eigenvalue weighted by molar-refractivity contribution is 9.10. The molecule has 0 bridgehead atoms. The summed E-state index contributed by atoms with van der Waals surface area (Å²) >= 11 is 3.25. The molecule has 0 N–H and O–H groups in total. The van der Waals surface area contributed by atoms with Crippen LogP contribution in [0.15, 0.2) is 16.7 Å². The average Bonchev–Trinajstić information content (AvgIpc) is 2.28. The fourth-order valence-corrected chi connectivity index (χ4v) is 2.17. The zero-order chi connectivity index (χ0) is 10.2. The minimum Gasteiger partial charge on any atom is -0.329 e. The predicted molar refractivity (Wildman–Crippen MR) is 52.1 cm³/mol. The van der Waals surface area contributed by atoms with Crippen LogP contribution in [0.4, 0.5) is 8.78 Å². The van der Waals surface area contributed by atoms with Crippen LogP contribution in [0.1, 0.15) is 32.9 Å². The molecule has 0 aliphatic heterocycles. The van der Waals surface area contributed by atoms with Gasteiger partial charge in [-0.05, 0) is 48.8 Å². The summed E-state index contributed by atoms with van der Waals surface area (Å²) in [6.07, 6.45) is -2.43. The van der Waals surface area contributed by atoms with Gasteiger partial charge in [-0.3, -0.25) is 0 Å². The van der Waals surface area contributed by atoms with Gasteiger partial charge >= 0.3 is 0 Å². The topological polar surface area (TPSA) is 4.93 Å². The lowest BCUT2D eigenvalue weighted by Crippen LogP contribution is -2.24. The Kier molecular flexibility index (Phi) is 2.80. The summed E-state index contributed by atoms with van der Waals surface area (Å²) in [4.78, 5) is 0. The fraction of sp³-hybridized carbons (Fsp3) is 0.556. The molecule has 74 valence electrons. The second-order valence-corrected chi connectivity index (χ2v) is 4.70. The van der Waals surface area contributed by atoms with Crippen LogP contribution < -0.4 is 0 Å². The minimum absolute atomic E-state index is 0.0550. The Labute approximate surface area is 84.9 Å². The van der Waals surface area contributed by atoms with Crippen LogP contribution in [0.3, 0.4) is 0 Å². The van der Waals surface area contributed by atoms with E-state index in [-0.39, 0.29) is 11.2 Å². The van der Waals surface area contributed by atoms with Gasteiger partial charge in [-0.2, -0.15) is 0 Å². The first kappa shape index (κ1) is 10.7. The molecule has 0 saturated carbocycles. The van der Waals surface area contributed by atoms with E-state index >= 15 is 0 Å². The Morgan fingerprint density at radius 2 is 1.85 bits per heavy atom. The van der Waals surface area contributed by atoms with Gasteiger partial charge in [-0.1, -0.05) is 0 Å². The normalized spacial score (nSPS) is 12.5. The van der Waals surface area contributed by atoms with Crippen molar-refractivity contribution in [2.75, 3.05) is 0 Å². The van der Waals surface area contributed by atoms with Gasteiger partial charge in [-0.25, -0.2) is 8.78 Å². The minimum atomic E-state index is -2.43. The first-order valence-corrected chi connectivity index (χ1v) is 4.79. The predicted octanol–water partition coefficient (Wildman–Crippen LogP) is 3.94. The molecule has 1 rings (SSSR count). The Balaban J connectivity index is 3.25. The molecule has 1 aromatic heterocycles. The van der Waals surface area contributed by atoms with E-state index in [0.29, 0.717) is 4.60 Å². The monoisotopic (exact) mass is 251 g/mol. The van der Waals surface area contributed by atoms with Crippen LogP contribution in [0.25, 0.3) is 0 Å². The van der Waals surface area contributed by atoms with Crippen LogP contribution in [0.5, 0.6) is 0 Å². The maximum absolute atomic E-state index is 12.5. The first-order valence-electron chi connectivity index (χ1n) is 4.00. The highest BCUT2D eigenvalue weighted by atomic mass is 79.9. The van der Waals surface area contributed by atoms with E-state index < -0.39 is 6.43 Å². The number of nitrogens with zero attached hydrogens (tertiary/aromatic N) is 1. The summed E-state index contributed by atoms with van der Waals surface area (Å²) in [6.45, 7) is 5.68. The molecule has 1 aromatic rings. The lowest BCUT2D eigenvalue weighted by atomic mass is 10.1. The maximum Gasteiger partial charge on any atom is 0.278 e. The van der Waals surface area contributed by atoms with E-state index in [1.165, 1.54) is 6.07 Å². The van der Waals surface area contributed by atoms with Gasteiger partial charge in [0.15, 0.2) is 0 Å². The first-order chi connectivity index (χ1) is 5.84. The van der Waals surface area contributed by atoms with Crippen molar-refractivity contribution in [2.45, 2.75) is 32.7 Å². The summed E-state index contributed by atoms with van der Waals surface area (Å²) in [6, 6.07) is 3.09. The van der Waals surface area contributed by atoms with E-state index in [9.17, 15) is 8.78 Å². The third kappa shape index (κ3) is 2.10. The third-order valence-corrected chi connectivity index (χ3v) is 2.38. The highest BCUT2D eigenvalue weighted by Crippen LogP contribution is 2.30. The number of rotatable bonds is 1. The third-order valence-electron chi connectivity index (χ3n) is 1.76. The zero-order valence-corrected chi connectivity index (χ0v) is 9.40. The SMILES string of the molecule is CC(C)(C)n1c(Br)ccc1C(F)F. The van der Waals surface area contributed by atoms with Crippen molar-refractivity contribution < 1.29 is 8.78 Å². The quantitative estimate of drug-likeness (QED) is 0.713. The second-order valence-electron chi connectivity index (χ2n) is 3.89. The number of alkyl halides is 2. The van der Waals surface area contributed by atoms with Gasteiger partial charge in [0, 0.05) is 5.54 Å². The van der Waals surface area contributed by atoms with Crippen molar-refractivity contribution in [2.24, 2.45) is 0 Å². The average molecular weight is 252 g/mol. The van der Waals surface area contributed by atoms with Crippen LogP contribution in [-0.4, -0.2) is 4.57 Å². The lowest BCUT2D eigenvalue weighted by molar-refractivity contribution is 0.133. The maximum atomic E-state index is 12.5. The standard InChI is InChI=1S/C9H12BrF2N/c1-9(2,3)13-6(8(11)12)4-5-7(13)10/h4-5,8H,1-3H3. The molecule has 0 fully saturated rings. The lowest BCUT2D eigenvalue weighted by Gasteiger charge is -2.25. The molecule has 0 amide bonds. The summed E-state index contributed by atoms with van der Waals surface area (Å²) in [5.41, 5.74) is -0.270. The molecule has 0 aromatic carbocycles. The van der Waals surface area contributed by atoms with E-state index in [1.54, 1.807) is 10.6 Å². The van der Waals surface area contributed by atoms with Crippen molar-refractivity contribution in [1.29, 1.82) is 0 Å². The molecule has 0 atom stereocenters. The van der Waals surface area contributed by atoms with Crippen molar-refractivity contribution in [3.8, 4) is 0 Å². The van der Waals surface area contributed by atoms with Gasteiger partial charge < -0.3 is 4.57 Å². The molecule has 0 aliphatic rings. The Morgan fingerprint density at radius 3 is 2.15 bits per heavy atom. The van der Waals surface area contributed by atoms with Gasteiger partial charge in [0.05, 0.1) is 10.3 Å². The molecule has 13 heavy (non-hydrogen) atoms. The van der Waals surface area contributed by atoms with Crippen molar-refractivity contribution in [1.82, 2.24) is 4.57 Å². The van der Waals surface area contributed by atoms with Crippen LogP contribution in [0, 0.1) is 0 Å². The highest BCUT2D eigenvalue weighted by Gasteiger charge is 2.23. The number of hydrogen-bond acceptors (Lipinski definition) is 0. The van der Waals surface area contributed by atoms with Gasteiger partial charge in [0.25, 0.3) is 6.43 Å². The molecule has 0 unspecified atom stereocenters. The molecule has 1 heterocycles. The molecule has 0 saturated heterocycles. The van der Waals surface area contributed by atoms with E-state index in [1.807, 2.05) is 20.8 Å². The van der Waals surface area contributed by atoms with Crippen molar-refractivity contribution in [3.05, 3.63) is 22.4 Å². The van der Waals surface area contributed by atoms with Crippen molar-refractivity contribution >= 4 is 15.9 Å². The van der Waals surface area contributed by atoms with Crippen LogP contribution >= 0.6 is 15.9 Å². The molecule has 0 spiro atoms. The zero-order valence-electron chi connectivity index (χ0n) is 7.81. The van der Waals surface area contributed by atoms with Gasteiger partial charge in [0.1, 0.15) is 0 Å². The van der Waals surface area contributed by atoms with Crippen LogP contribution in [-0.2, 0) is 5.54 Å².